The van der Waals surface area contributed by atoms with Crippen LogP contribution in [0.1, 0.15) is 31.1 Å². The number of carboxylic acid groups (broad SMARTS) is 3. The Morgan fingerprint density at radius 1 is 0.444 bits per heavy atom. The second-order valence-electron chi connectivity index (χ2n) is 7.15. The van der Waals surface area contributed by atoms with Crippen molar-refractivity contribution < 1.29 is 50.1 Å². The van der Waals surface area contributed by atoms with E-state index in [1.165, 1.54) is 0 Å². The lowest BCUT2D eigenvalue weighted by molar-refractivity contribution is -0.0328. The van der Waals surface area contributed by atoms with Crippen LogP contribution >= 0.6 is 0 Å². The molecule has 0 saturated heterocycles. The van der Waals surface area contributed by atoms with E-state index in [9.17, 15) is 14.4 Å². The van der Waals surface area contributed by atoms with Gasteiger partial charge in [0.25, 0.3) is 0 Å². The standard InChI is InChI=1S/3C7H6O2.C5H12O4/c3*8-7(9)6-4-2-1-3-5-6;6-1-5(2-7,3-8)4-9/h3*1-5H,(H,8,9);6-9H,1-4H2. The summed E-state index contributed by atoms with van der Waals surface area (Å²) in [4.78, 5) is 30.6. The van der Waals surface area contributed by atoms with E-state index >= 15 is 0 Å². The molecule has 0 aliphatic rings. The molecular formula is C26H30O10. The topological polar surface area (TPSA) is 193 Å². The molecule has 0 saturated carbocycles. The summed E-state index contributed by atoms with van der Waals surface area (Å²) in [6, 6.07) is 24.9. The van der Waals surface area contributed by atoms with Crippen LogP contribution in [0.5, 0.6) is 0 Å². The lowest BCUT2D eigenvalue weighted by Gasteiger charge is -2.23. The van der Waals surface area contributed by atoms with E-state index in [0.29, 0.717) is 16.7 Å². The molecule has 0 amide bonds. The summed E-state index contributed by atoms with van der Waals surface area (Å²) in [5, 5.41) is 59.1. The van der Waals surface area contributed by atoms with Crippen molar-refractivity contribution in [3.63, 3.8) is 0 Å². The van der Waals surface area contributed by atoms with Gasteiger partial charge in [-0.2, -0.15) is 0 Å². The van der Waals surface area contributed by atoms with Gasteiger partial charge < -0.3 is 35.7 Å². The molecule has 36 heavy (non-hydrogen) atoms. The summed E-state index contributed by atoms with van der Waals surface area (Å²) in [6.45, 7) is -1.62. The minimum absolute atomic E-state index is 0.331. The van der Waals surface area contributed by atoms with E-state index in [1.54, 1.807) is 91.0 Å². The highest BCUT2D eigenvalue weighted by Gasteiger charge is 2.26. The molecule has 3 aromatic rings. The molecule has 0 spiro atoms. The van der Waals surface area contributed by atoms with Crippen LogP contribution in [0.25, 0.3) is 0 Å². The van der Waals surface area contributed by atoms with Crippen molar-refractivity contribution >= 4 is 17.9 Å². The van der Waals surface area contributed by atoms with Crippen molar-refractivity contribution in [1.29, 1.82) is 0 Å². The van der Waals surface area contributed by atoms with Crippen LogP contribution in [0.15, 0.2) is 91.0 Å². The average molecular weight is 503 g/mol. The van der Waals surface area contributed by atoms with Crippen molar-refractivity contribution in [3.05, 3.63) is 108 Å². The molecule has 0 fully saturated rings. The largest absolute Gasteiger partial charge is 0.478 e. The normalized spacial score (nSPS) is 9.67. The van der Waals surface area contributed by atoms with Gasteiger partial charge in [-0.3, -0.25) is 0 Å². The molecule has 0 heterocycles. The zero-order valence-electron chi connectivity index (χ0n) is 19.3. The number of aromatic carboxylic acids is 3. The van der Waals surface area contributed by atoms with Gasteiger partial charge >= 0.3 is 17.9 Å². The van der Waals surface area contributed by atoms with Gasteiger partial charge in [0.1, 0.15) is 0 Å². The summed E-state index contributed by atoms with van der Waals surface area (Å²) in [5.41, 5.74) is -0.118. The first kappa shape index (κ1) is 31.9. The summed E-state index contributed by atoms with van der Waals surface area (Å²) < 4.78 is 0. The Morgan fingerprint density at radius 3 is 0.722 bits per heavy atom. The van der Waals surface area contributed by atoms with Crippen LogP contribution in [0, 0.1) is 5.41 Å². The van der Waals surface area contributed by atoms with E-state index < -0.39 is 49.8 Å². The highest BCUT2D eigenvalue weighted by Crippen LogP contribution is 2.11. The summed E-state index contributed by atoms with van der Waals surface area (Å²) in [6.07, 6.45) is 0. The molecule has 0 aromatic heterocycles. The molecule has 194 valence electrons. The fourth-order valence-electron chi connectivity index (χ4n) is 2.04. The number of hydrogen-bond acceptors (Lipinski definition) is 7. The smallest absolute Gasteiger partial charge is 0.335 e. The molecule has 7 N–H and O–H groups in total. The van der Waals surface area contributed by atoms with Gasteiger partial charge in [0, 0.05) is 0 Å². The number of carbonyl (C=O) groups is 3. The van der Waals surface area contributed by atoms with Crippen LogP contribution < -0.4 is 0 Å². The molecule has 3 rings (SSSR count). The predicted octanol–water partition coefficient (Wildman–Crippen LogP) is 2.10. The van der Waals surface area contributed by atoms with E-state index in [0.717, 1.165) is 0 Å². The third kappa shape index (κ3) is 13.0. The Hall–Kier alpha value is -4.09. The Kier molecular flexibility index (Phi) is 16.2. The molecule has 0 unspecified atom stereocenters. The Bertz CT molecular complexity index is 869. The zero-order chi connectivity index (χ0) is 27.4. The zero-order valence-corrected chi connectivity index (χ0v) is 19.3. The highest BCUT2D eigenvalue weighted by atomic mass is 16.4. The van der Waals surface area contributed by atoms with Gasteiger partial charge in [0.2, 0.25) is 0 Å². The van der Waals surface area contributed by atoms with Crippen molar-refractivity contribution in [2.75, 3.05) is 26.4 Å². The summed E-state index contributed by atoms with van der Waals surface area (Å²) in [5.74, 6) is -2.64. The van der Waals surface area contributed by atoms with Crippen molar-refractivity contribution in [2.45, 2.75) is 0 Å². The molecule has 0 aliphatic carbocycles. The third-order valence-electron chi connectivity index (χ3n) is 4.40. The average Bonchev–Trinajstić information content (AvgIpc) is 2.93. The Labute approximate surface area is 208 Å². The molecule has 10 heteroatoms. The summed E-state index contributed by atoms with van der Waals surface area (Å²) >= 11 is 0. The van der Waals surface area contributed by atoms with Crippen LogP contribution in [0.3, 0.4) is 0 Å². The van der Waals surface area contributed by atoms with E-state index in [2.05, 4.69) is 0 Å². The van der Waals surface area contributed by atoms with Gasteiger partial charge in [-0.15, -0.1) is 0 Å². The fourth-order valence-corrected chi connectivity index (χ4v) is 2.04. The van der Waals surface area contributed by atoms with Gasteiger partial charge in [-0.25, -0.2) is 14.4 Å². The highest BCUT2D eigenvalue weighted by molar-refractivity contribution is 5.88. The molecule has 0 radical (unpaired) electrons. The number of carboxylic acids is 3. The molecule has 0 bridgehead atoms. The number of hydrogen-bond donors (Lipinski definition) is 7. The van der Waals surface area contributed by atoms with Gasteiger partial charge in [-0.05, 0) is 36.4 Å². The van der Waals surface area contributed by atoms with Gasteiger partial charge in [0.15, 0.2) is 0 Å². The van der Waals surface area contributed by atoms with Gasteiger partial charge in [0.05, 0.1) is 48.5 Å². The lowest BCUT2D eigenvalue weighted by Crippen LogP contribution is -2.37. The predicted molar refractivity (Wildman–Crippen MR) is 131 cm³/mol. The monoisotopic (exact) mass is 502 g/mol. The second-order valence-corrected chi connectivity index (χ2v) is 7.15. The van der Waals surface area contributed by atoms with Gasteiger partial charge in [-0.1, -0.05) is 54.6 Å². The van der Waals surface area contributed by atoms with Crippen molar-refractivity contribution in [1.82, 2.24) is 0 Å². The SMILES string of the molecule is O=C(O)c1ccccc1.O=C(O)c1ccccc1.O=C(O)c1ccccc1.OCC(CO)(CO)CO. The van der Waals surface area contributed by atoms with Crippen LogP contribution in [-0.4, -0.2) is 80.1 Å². The molecule has 0 atom stereocenters. The first-order chi connectivity index (χ1) is 17.2. The lowest BCUT2D eigenvalue weighted by atomic mass is 9.93. The Morgan fingerprint density at radius 2 is 0.639 bits per heavy atom. The second kappa shape index (κ2) is 18.3. The maximum atomic E-state index is 10.2. The van der Waals surface area contributed by atoms with Crippen LogP contribution in [-0.2, 0) is 0 Å². The number of aliphatic hydroxyl groups is 4. The van der Waals surface area contributed by atoms with Crippen LogP contribution in [0.4, 0.5) is 0 Å². The quantitative estimate of drug-likeness (QED) is 0.251. The summed E-state index contributed by atoms with van der Waals surface area (Å²) in [7, 11) is 0. The Balaban J connectivity index is 0.000000454. The minimum Gasteiger partial charge on any atom is -0.478 e. The molecule has 3 aromatic carbocycles. The number of rotatable bonds is 7. The maximum absolute atomic E-state index is 10.2. The van der Waals surface area contributed by atoms with E-state index in [4.69, 9.17) is 35.7 Å². The number of aliphatic hydroxyl groups excluding tert-OH is 4. The minimum atomic E-state index is -1.11. The number of benzene rings is 3. The van der Waals surface area contributed by atoms with E-state index in [-0.39, 0.29) is 0 Å². The van der Waals surface area contributed by atoms with Crippen LogP contribution in [0.2, 0.25) is 0 Å². The fraction of sp³-hybridized carbons (Fsp3) is 0.192. The van der Waals surface area contributed by atoms with Crippen molar-refractivity contribution in [3.8, 4) is 0 Å². The third-order valence-corrected chi connectivity index (χ3v) is 4.40. The molecular weight excluding hydrogens is 472 g/mol. The molecule has 10 nitrogen and oxygen atoms in total. The molecule has 0 aliphatic heterocycles. The van der Waals surface area contributed by atoms with E-state index in [1.807, 2.05) is 0 Å². The first-order valence-electron chi connectivity index (χ1n) is 10.4. The van der Waals surface area contributed by atoms with Crippen molar-refractivity contribution in [2.24, 2.45) is 5.41 Å². The maximum Gasteiger partial charge on any atom is 0.335 e. The first-order valence-corrected chi connectivity index (χ1v) is 10.4.